The van der Waals surface area contributed by atoms with E-state index < -0.39 is 10.0 Å². The highest BCUT2D eigenvalue weighted by molar-refractivity contribution is 7.90. The molecule has 1 saturated heterocycles. The SMILES string of the molecule is O=S(=O)(C1CC1)N1CC(N2CCc3sccc3C2)C1. The lowest BCUT2D eigenvalue weighted by molar-refractivity contribution is 0.0774. The summed E-state index contributed by atoms with van der Waals surface area (Å²) in [7, 11) is -2.94. The van der Waals surface area contributed by atoms with Crippen LogP contribution in [0.4, 0.5) is 0 Å². The Balaban J connectivity index is 1.39. The second-order valence-electron chi connectivity index (χ2n) is 5.80. The van der Waals surface area contributed by atoms with Crippen molar-refractivity contribution in [3.8, 4) is 0 Å². The van der Waals surface area contributed by atoms with E-state index >= 15 is 0 Å². The number of nitrogens with zero attached hydrogens (tertiary/aromatic N) is 2. The van der Waals surface area contributed by atoms with Gasteiger partial charge in [-0.05, 0) is 36.3 Å². The van der Waals surface area contributed by atoms with Gasteiger partial charge in [0.2, 0.25) is 10.0 Å². The normalized spacial score (nSPS) is 26.1. The fourth-order valence-electron chi connectivity index (χ4n) is 3.01. The number of hydrogen-bond acceptors (Lipinski definition) is 4. The van der Waals surface area contributed by atoms with E-state index in [0.29, 0.717) is 19.1 Å². The van der Waals surface area contributed by atoms with Crippen molar-refractivity contribution in [1.29, 1.82) is 0 Å². The maximum atomic E-state index is 12.1. The van der Waals surface area contributed by atoms with Gasteiger partial charge in [0.25, 0.3) is 0 Å². The second-order valence-corrected chi connectivity index (χ2v) is 9.02. The molecule has 0 aromatic carbocycles. The molecular weight excluding hydrogens is 280 g/mol. The van der Waals surface area contributed by atoms with Gasteiger partial charge >= 0.3 is 0 Å². The number of sulfonamides is 1. The Bertz CT molecular complexity index is 586. The van der Waals surface area contributed by atoms with E-state index in [4.69, 9.17) is 0 Å². The van der Waals surface area contributed by atoms with Crippen LogP contribution in [0.3, 0.4) is 0 Å². The number of hydrogen-bond donors (Lipinski definition) is 0. The molecule has 0 amide bonds. The molecule has 0 spiro atoms. The molecule has 1 aromatic heterocycles. The van der Waals surface area contributed by atoms with E-state index in [-0.39, 0.29) is 5.25 Å². The maximum Gasteiger partial charge on any atom is 0.217 e. The molecule has 19 heavy (non-hydrogen) atoms. The first-order valence-corrected chi connectivity index (χ1v) is 9.31. The minimum absolute atomic E-state index is 0.0571. The Hall–Kier alpha value is -0.430. The summed E-state index contributed by atoms with van der Waals surface area (Å²) >= 11 is 1.85. The van der Waals surface area contributed by atoms with Crippen LogP contribution >= 0.6 is 11.3 Å². The van der Waals surface area contributed by atoms with E-state index in [1.165, 1.54) is 10.4 Å². The smallest absolute Gasteiger partial charge is 0.217 e. The van der Waals surface area contributed by atoms with Crippen LogP contribution in [0.25, 0.3) is 0 Å². The Morgan fingerprint density at radius 1 is 1.26 bits per heavy atom. The topological polar surface area (TPSA) is 40.6 Å². The predicted molar refractivity (Wildman–Crippen MR) is 75.7 cm³/mol. The van der Waals surface area contributed by atoms with Gasteiger partial charge in [-0.15, -0.1) is 11.3 Å². The summed E-state index contributed by atoms with van der Waals surface area (Å²) in [4.78, 5) is 3.96. The van der Waals surface area contributed by atoms with E-state index in [0.717, 1.165) is 32.4 Å². The van der Waals surface area contributed by atoms with E-state index in [1.807, 2.05) is 11.3 Å². The van der Waals surface area contributed by atoms with Crippen LogP contribution in [0.1, 0.15) is 23.3 Å². The fourth-order valence-corrected chi connectivity index (χ4v) is 5.82. The monoisotopic (exact) mass is 298 g/mol. The number of thiophene rings is 1. The lowest BCUT2D eigenvalue weighted by atomic mass is 10.0. The zero-order valence-electron chi connectivity index (χ0n) is 10.8. The zero-order valence-corrected chi connectivity index (χ0v) is 12.4. The van der Waals surface area contributed by atoms with Gasteiger partial charge < -0.3 is 0 Å². The van der Waals surface area contributed by atoms with Crippen molar-refractivity contribution in [2.45, 2.75) is 37.1 Å². The molecule has 104 valence electrons. The van der Waals surface area contributed by atoms with Crippen LogP contribution in [-0.2, 0) is 23.0 Å². The molecule has 0 atom stereocenters. The molecule has 0 N–H and O–H groups in total. The third-order valence-corrected chi connectivity index (χ3v) is 7.84. The van der Waals surface area contributed by atoms with Crippen LogP contribution in [-0.4, -0.2) is 48.5 Å². The molecule has 1 aromatic rings. The van der Waals surface area contributed by atoms with Gasteiger partial charge in [-0.25, -0.2) is 8.42 Å². The van der Waals surface area contributed by atoms with Gasteiger partial charge in [0, 0.05) is 37.1 Å². The predicted octanol–water partition coefficient (Wildman–Crippen LogP) is 1.28. The first-order valence-electron chi connectivity index (χ1n) is 6.93. The van der Waals surface area contributed by atoms with Gasteiger partial charge in [0.15, 0.2) is 0 Å². The van der Waals surface area contributed by atoms with Gasteiger partial charge in [-0.3, -0.25) is 4.90 Å². The van der Waals surface area contributed by atoms with Crippen molar-refractivity contribution < 1.29 is 8.42 Å². The van der Waals surface area contributed by atoms with Gasteiger partial charge in [0.1, 0.15) is 0 Å². The van der Waals surface area contributed by atoms with Crippen LogP contribution in [0.15, 0.2) is 11.4 Å². The molecule has 1 aliphatic carbocycles. The highest BCUT2D eigenvalue weighted by atomic mass is 32.2. The summed E-state index contributed by atoms with van der Waals surface area (Å²) in [5.74, 6) is 0. The standard InChI is InChI=1S/C13H18N2O2S2/c16-19(17,12-1-2-12)15-8-11(9-15)14-5-3-13-10(7-14)4-6-18-13/h4,6,11-12H,1-3,5,7-9H2. The van der Waals surface area contributed by atoms with Crippen LogP contribution in [0, 0.1) is 0 Å². The number of rotatable bonds is 3. The summed E-state index contributed by atoms with van der Waals surface area (Å²) in [6.45, 7) is 3.49. The van der Waals surface area contributed by atoms with Crippen LogP contribution < -0.4 is 0 Å². The van der Waals surface area contributed by atoms with Crippen molar-refractivity contribution in [3.05, 3.63) is 21.9 Å². The zero-order chi connectivity index (χ0) is 13.0. The largest absolute Gasteiger partial charge is 0.293 e. The maximum absolute atomic E-state index is 12.1. The molecular formula is C13H18N2O2S2. The molecule has 1 saturated carbocycles. The Labute approximate surface area is 118 Å². The highest BCUT2D eigenvalue weighted by Crippen LogP contribution is 2.35. The lowest BCUT2D eigenvalue weighted by Crippen LogP contribution is -2.62. The van der Waals surface area contributed by atoms with Crippen LogP contribution in [0.2, 0.25) is 0 Å². The van der Waals surface area contributed by atoms with E-state index in [9.17, 15) is 8.42 Å². The van der Waals surface area contributed by atoms with Crippen LogP contribution in [0.5, 0.6) is 0 Å². The minimum Gasteiger partial charge on any atom is -0.293 e. The summed E-state index contributed by atoms with van der Waals surface area (Å²) in [5.41, 5.74) is 1.44. The molecule has 2 fully saturated rings. The van der Waals surface area contributed by atoms with Gasteiger partial charge in [0.05, 0.1) is 5.25 Å². The Morgan fingerprint density at radius 3 is 2.79 bits per heavy atom. The molecule has 0 unspecified atom stereocenters. The summed E-state index contributed by atoms with van der Waals surface area (Å²) in [5, 5.41) is 2.11. The van der Waals surface area contributed by atoms with Crippen molar-refractivity contribution >= 4 is 21.4 Å². The third kappa shape index (κ3) is 2.05. The van der Waals surface area contributed by atoms with Crippen molar-refractivity contribution in [2.24, 2.45) is 0 Å². The van der Waals surface area contributed by atoms with Gasteiger partial charge in [-0.2, -0.15) is 4.31 Å². The van der Waals surface area contributed by atoms with Crippen molar-refractivity contribution in [3.63, 3.8) is 0 Å². The van der Waals surface area contributed by atoms with E-state index in [2.05, 4.69) is 16.3 Å². The molecule has 0 bridgehead atoms. The summed E-state index contributed by atoms with van der Waals surface area (Å²) < 4.78 is 25.8. The van der Waals surface area contributed by atoms with Crippen molar-refractivity contribution in [2.75, 3.05) is 19.6 Å². The third-order valence-electron chi connectivity index (χ3n) is 4.49. The number of fused-ring (bicyclic) bond motifs is 1. The second kappa shape index (κ2) is 4.28. The van der Waals surface area contributed by atoms with Gasteiger partial charge in [-0.1, -0.05) is 0 Å². The Morgan fingerprint density at radius 2 is 2.05 bits per heavy atom. The average Bonchev–Trinajstić information content (AvgIpc) is 3.07. The summed E-state index contributed by atoms with van der Waals surface area (Å²) in [6, 6.07) is 2.64. The minimum atomic E-state index is -2.94. The van der Waals surface area contributed by atoms with Crippen molar-refractivity contribution in [1.82, 2.24) is 9.21 Å². The molecule has 3 aliphatic rings. The molecule has 4 rings (SSSR count). The molecule has 2 aliphatic heterocycles. The molecule has 6 heteroatoms. The quantitative estimate of drug-likeness (QED) is 0.844. The fraction of sp³-hybridized carbons (Fsp3) is 0.692. The lowest BCUT2D eigenvalue weighted by Gasteiger charge is -2.45. The van der Waals surface area contributed by atoms with E-state index in [1.54, 1.807) is 4.31 Å². The molecule has 4 nitrogen and oxygen atoms in total. The average molecular weight is 298 g/mol. The Kier molecular flexibility index (Phi) is 2.78. The molecule has 0 radical (unpaired) electrons. The first-order chi connectivity index (χ1) is 9.14. The first kappa shape index (κ1) is 12.3. The molecule has 3 heterocycles. The summed E-state index contributed by atoms with van der Waals surface area (Å²) in [6.07, 6.45) is 2.86. The highest BCUT2D eigenvalue weighted by Gasteiger charge is 2.46.